The van der Waals surface area contributed by atoms with Gasteiger partial charge in [-0.25, -0.2) is 0 Å². The molecule has 0 spiro atoms. The van der Waals surface area contributed by atoms with Gasteiger partial charge < -0.3 is 10.4 Å². The van der Waals surface area contributed by atoms with Crippen LogP contribution in [0.5, 0.6) is 0 Å². The molecule has 0 amide bonds. The molecule has 0 aromatic carbocycles. The summed E-state index contributed by atoms with van der Waals surface area (Å²) in [6.07, 6.45) is 7.92. The predicted molar refractivity (Wildman–Crippen MR) is 82.3 cm³/mol. The number of hydrogen-bond donors (Lipinski definition) is 2. The summed E-state index contributed by atoms with van der Waals surface area (Å²) in [6, 6.07) is 0. The summed E-state index contributed by atoms with van der Waals surface area (Å²) in [5.74, 6) is 2.28. The first-order valence-electron chi connectivity index (χ1n) is 7.57. The van der Waals surface area contributed by atoms with E-state index in [1.807, 2.05) is 0 Å². The molecule has 0 saturated heterocycles. The van der Waals surface area contributed by atoms with E-state index in [1.165, 1.54) is 31.4 Å². The SMILES string of the molecule is CCCNC(C)(CO)CC(C)SCC1CCCC1. The second-order valence-electron chi connectivity index (χ2n) is 6.14. The third-order valence-corrected chi connectivity index (χ3v) is 5.38. The first-order chi connectivity index (χ1) is 8.59. The van der Waals surface area contributed by atoms with E-state index in [9.17, 15) is 5.11 Å². The Bertz CT molecular complexity index is 219. The highest BCUT2D eigenvalue weighted by atomic mass is 32.2. The van der Waals surface area contributed by atoms with Crippen LogP contribution >= 0.6 is 11.8 Å². The average Bonchev–Trinajstić information content (AvgIpc) is 2.87. The van der Waals surface area contributed by atoms with Crippen LogP contribution in [0.15, 0.2) is 0 Å². The van der Waals surface area contributed by atoms with Gasteiger partial charge in [0.25, 0.3) is 0 Å². The number of rotatable bonds is 9. The summed E-state index contributed by atoms with van der Waals surface area (Å²) in [7, 11) is 0. The van der Waals surface area contributed by atoms with E-state index < -0.39 is 0 Å². The number of aliphatic hydroxyl groups is 1. The molecule has 1 saturated carbocycles. The molecule has 2 unspecified atom stereocenters. The van der Waals surface area contributed by atoms with Crippen molar-refractivity contribution in [2.75, 3.05) is 18.9 Å². The average molecular weight is 273 g/mol. The number of thioether (sulfide) groups is 1. The molecule has 0 radical (unpaired) electrons. The second kappa shape index (κ2) is 8.44. The summed E-state index contributed by atoms with van der Waals surface area (Å²) in [5, 5.41) is 13.7. The Balaban J connectivity index is 2.24. The van der Waals surface area contributed by atoms with Crippen molar-refractivity contribution in [2.24, 2.45) is 5.92 Å². The summed E-state index contributed by atoms with van der Waals surface area (Å²) >= 11 is 2.10. The third kappa shape index (κ3) is 5.94. The zero-order valence-electron chi connectivity index (χ0n) is 12.4. The van der Waals surface area contributed by atoms with E-state index in [2.05, 4.69) is 37.8 Å². The van der Waals surface area contributed by atoms with Crippen molar-refractivity contribution in [3.05, 3.63) is 0 Å². The Hall–Kier alpha value is 0.270. The lowest BCUT2D eigenvalue weighted by Crippen LogP contribution is -2.47. The lowest BCUT2D eigenvalue weighted by molar-refractivity contribution is 0.166. The van der Waals surface area contributed by atoms with Crippen molar-refractivity contribution < 1.29 is 5.11 Å². The molecule has 1 aliphatic rings. The van der Waals surface area contributed by atoms with Crippen molar-refractivity contribution in [3.8, 4) is 0 Å². The van der Waals surface area contributed by atoms with Gasteiger partial charge in [-0.15, -0.1) is 0 Å². The Morgan fingerprint density at radius 1 is 1.39 bits per heavy atom. The van der Waals surface area contributed by atoms with Gasteiger partial charge in [0.1, 0.15) is 0 Å². The van der Waals surface area contributed by atoms with Crippen LogP contribution in [-0.2, 0) is 0 Å². The van der Waals surface area contributed by atoms with Crippen LogP contribution < -0.4 is 5.32 Å². The first-order valence-corrected chi connectivity index (χ1v) is 8.62. The van der Waals surface area contributed by atoms with E-state index >= 15 is 0 Å². The molecule has 2 atom stereocenters. The monoisotopic (exact) mass is 273 g/mol. The topological polar surface area (TPSA) is 32.3 Å². The molecule has 1 fully saturated rings. The molecule has 0 aromatic heterocycles. The van der Waals surface area contributed by atoms with Crippen LogP contribution in [0.1, 0.15) is 59.3 Å². The molecule has 18 heavy (non-hydrogen) atoms. The molecule has 1 aliphatic carbocycles. The highest BCUT2D eigenvalue weighted by Crippen LogP contribution is 2.31. The minimum atomic E-state index is -0.0991. The van der Waals surface area contributed by atoms with Crippen LogP contribution in [0.3, 0.4) is 0 Å². The fourth-order valence-electron chi connectivity index (χ4n) is 2.79. The van der Waals surface area contributed by atoms with Gasteiger partial charge in [0, 0.05) is 10.8 Å². The predicted octanol–water partition coefficient (Wildman–Crippen LogP) is 3.44. The van der Waals surface area contributed by atoms with Gasteiger partial charge in [0.2, 0.25) is 0 Å². The minimum Gasteiger partial charge on any atom is -0.394 e. The van der Waals surface area contributed by atoms with Gasteiger partial charge in [0.05, 0.1) is 6.61 Å². The zero-order chi connectivity index (χ0) is 13.4. The molecular weight excluding hydrogens is 242 g/mol. The Kier molecular flexibility index (Phi) is 7.66. The maximum Gasteiger partial charge on any atom is 0.0611 e. The first kappa shape index (κ1) is 16.3. The number of aliphatic hydroxyl groups excluding tert-OH is 1. The summed E-state index contributed by atoms with van der Waals surface area (Å²) < 4.78 is 0. The quantitative estimate of drug-likeness (QED) is 0.675. The molecule has 0 bridgehead atoms. The van der Waals surface area contributed by atoms with E-state index in [0.717, 1.165) is 25.3 Å². The zero-order valence-corrected chi connectivity index (χ0v) is 13.2. The molecule has 0 aliphatic heterocycles. The maximum absolute atomic E-state index is 9.57. The number of hydrogen-bond acceptors (Lipinski definition) is 3. The molecule has 108 valence electrons. The standard InChI is InChI=1S/C15H31NOS/c1-4-9-16-15(3,12-17)10-13(2)18-11-14-7-5-6-8-14/h13-14,16-17H,4-12H2,1-3H3. The van der Waals surface area contributed by atoms with Crippen LogP contribution in [0.25, 0.3) is 0 Å². The van der Waals surface area contributed by atoms with Crippen molar-refractivity contribution >= 4 is 11.8 Å². The van der Waals surface area contributed by atoms with Gasteiger partial charge >= 0.3 is 0 Å². The van der Waals surface area contributed by atoms with E-state index in [1.54, 1.807) is 0 Å². The molecule has 2 nitrogen and oxygen atoms in total. The van der Waals surface area contributed by atoms with Gasteiger partial charge in [-0.05, 0) is 50.8 Å². The van der Waals surface area contributed by atoms with Crippen LogP contribution in [-0.4, -0.2) is 34.8 Å². The van der Waals surface area contributed by atoms with E-state index in [4.69, 9.17) is 0 Å². The van der Waals surface area contributed by atoms with E-state index in [-0.39, 0.29) is 12.1 Å². The normalized spacial score (nSPS) is 22.0. The van der Waals surface area contributed by atoms with Crippen molar-refractivity contribution in [1.29, 1.82) is 0 Å². The van der Waals surface area contributed by atoms with Crippen LogP contribution in [0, 0.1) is 5.92 Å². The molecular formula is C15H31NOS. The summed E-state index contributed by atoms with van der Waals surface area (Å²) in [5.41, 5.74) is -0.0991. The van der Waals surface area contributed by atoms with Gasteiger partial charge in [-0.1, -0.05) is 26.7 Å². The Morgan fingerprint density at radius 3 is 2.61 bits per heavy atom. The van der Waals surface area contributed by atoms with Crippen molar-refractivity contribution in [1.82, 2.24) is 5.32 Å². The highest BCUT2D eigenvalue weighted by Gasteiger charge is 2.26. The molecule has 2 N–H and O–H groups in total. The fourth-order valence-corrected chi connectivity index (χ4v) is 4.21. The fraction of sp³-hybridized carbons (Fsp3) is 1.00. The lowest BCUT2D eigenvalue weighted by Gasteiger charge is -2.31. The van der Waals surface area contributed by atoms with Gasteiger partial charge in [-0.3, -0.25) is 0 Å². The lowest BCUT2D eigenvalue weighted by atomic mass is 9.97. The highest BCUT2D eigenvalue weighted by molar-refractivity contribution is 7.99. The van der Waals surface area contributed by atoms with Crippen molar-refractivity contribution in [2.45, 2.75) is 70.1 Å². The Labute approximate surface area is 117 Å². The van der Waals surface area contributed by atoms with Gasteiger partial charge in [-0.2, -0.15) is 11.8 Å². The molecule has 0 aromatic rings. The van der Waals surface area contributed by atoms with Crippen LogP contribution in [0.4, 0.5) is 0 Å². The molecule has 1 rings (SSSR count). The van der Waals surface area contributed by atoms with Gasteiger partial charge in [0.15, 0.2) is 0 Å². The summed E-state index contributed by atoms with van der Waals surface area (Å²) in [6.45, 7) is 7.86. The third-order valence-electron chi connectivity index (χ3n) is 3.98. The van der Waals surface area contributed by atoms with E-state index in [0.29, 0.717) is 5.25 Å². The molecule has 3 heteroatoms. The smallest absolute Gasteiger partial charge is 0.0611 e. The maximum atomic E-state index is 9.57. The Morgan fingerprint density at radius 2 is 2.06 bits per heavy atom. The molecule has 0 heterocycles. The van der Waals surface area contributed by atoms with Crippen LogP contribution in [0.2, 0.25) is 0 Å². The largest absolute Gasteiger partial charge is 0.394 e. The second-order valence-corrected chi connectivity index (χ2v) is 7.62. The number of nitrogens with one attached hydrogen (secondary N) is 1. The van der Waals surface area contributed by atoms with Crippen molar-refractivity contribution in [3.63, 3.8) is 0 Å². The summed E-state index contributed by atoms with van der Waals surface area (Å²) in [4.78, 5) is 0. The minimum absolute atomic E-state index is 0.0991.